The van der Waals surface area contributed by atoms with Crippen LogP contribution in [0.15, 0.2) is 12.1 Å². The number of hydrogen-bond acceptors (Lipinski definition) is 3. The normalized spacial score (nSPS) is 9.25. The SMILES string of the molecule is C#CCNC(=O)CNC(=O)c1ccc(C)s1. The Morgan fingerprint density at radius 1 is 1.44 bits per heavy atom. The first kappa shape index (κ1) is 12.3. The quantitative estimate of drug-likeness (QED) is 0.749. The molecule has 5 heteroatoms. The van der Waals surface area contributed by atoms with E-state index in [1.165, 1.54) is 11.3 Å². The van der Waals surface area contributed by atoms with Crippen molar-refractivity contribution in [3.05, 3.63) is 21.9 Å². The number of thiophene rings is 1. The fourth-order valence-electron chi connectivity index (χ4n) is 1.02. The van der Waals surface area contributed by atoms with Gasteiger partial charge in [-0.2, -0.15) is 0 Å². The molecule has 84 valence electrons. The lowest BCUT2D eigenvalue weighted by atomic mass is 10.4. The van der Waals surface area contributed by atoms with Gasteiger partial charge >= 0.3 is 0 Å². The maximum absolute atomic E-state index is 11.5. The molecule has 0 saturated heterocycles. The summed E-state index contributed by atoms with van der Waals surface area (Å²) in [6.07, 6.45) is 4.98. The number of aryl methyl sites for hydroxylation is 1. The topological polar surface area (TPSA) is 58.2 Å². The number of hydrogen-bond donors (Lipinski definition) is 2. The molecule has 0 unspecified atom stereocenters. The zero-order valence-corrected chi connectivity index (χ0v) is 9.69. The zero-order valence-electron chi connectivity index (χ0n) is 8.87. The van der Waals surface area contributed by atoms with Crippen molar-refractivity contribution in [2.24, 2.45) is 0 Å². The minimum absolute atomic E-state index is 0.0581. The van der Waals surface area contributed by atoms with E-state index in [2.05, 4.69) is 16.6 Å². The maximum Gasteiger partial charge on any atom is 0.261 e. The molecule has 0 aliphatic heterocycles. The van der Waals surface area contributed by atoms with E-state index in [9.17, 15) is 9.59 Å². The number of rotatable bonds is 4. The summed E-state index contributed by atoms with van der Waals surface area (Å²) in [4.78, 5) is 24.3. The van der Waals surface area contributed by atoms with Crippen LogP contribution in [-0.2, 0) is 4.79 Å². The molecule has 2 amide bonds. The summed E-state index contributed by atoms with van der Waals surface area (Å²) in [7, 11) is 0. The molecule has 0 spiro atoms. The second-order valence-electron chi connectivity index (χ2n) is 3.07. The Hall–Kier alpha value is -1.80. The van der Waals surface area contributed by atoms with Crippen molar-refractivity contribution in [1.29, 1.82) is 0 Å². The molecular weight excluding hydrogens is 224 g/mol. The van der Waals surface area contributed by atoms with Gasteiger partial charge in [0.05, 0.1) is 18.0 Å². The predicted molar refractivity (Wildman–Crippen MR) is 63.2 cm³/mol. The molecule has 0 saturated carbocycles. The average Bonchev–Trinajstić information content (AvgIpc) is 2.69. The molecule has 0 aliphatic carbocycles. The van der Waals surface area contributed by atoms with Crippen LogP contribution in [0.1, 0.15) is 14.5 Å². The second kappa shape index (κ2) is 5.93. The van der Waals surface area contributed by atoms with Crippen LogP contribution < -0.4 is 10.6 Å². The lowest BCUT2D eigenvalue weighted by molar-refractivity contribution is -0.119. The third-order valence-electron chi connectivity index (χ3n) is 1.76. The lowest BCUT2D eigenvalue weighted by Gasteiger charge is -2.03. The minimum Gasteiger partial charge on any atom is -0.344 e. The van der Waals surface area contributed by atoms with E-state index in [1.807, 2.05) is 13.0 Å². The Bertz CT molecular complexity index is 431. The number of amides is 2. The molecule has 4 nitrogen and oxygen atoms in total. The van der Waals surface area contributed by atoms with Gasteiger partial charge in [-0.1, -0.05) is 5.92 Å². The van der Waals surface area contributed by atoms with Crippen LogP contribution >= 0.6 is 11.3 Å². The molecule has 0 radical (unpaired) electrons. The fraction of sp³-hybridized carbons (Fsp3) is 0.273. The summed E-state index contributed by atoms with van der Waals surface area (Å²) in [6.45, 7) is 2.03. The second-order valence-corrected chi connectivity index (χ2v) is 4.36. The first-order valence-electron chi connectivity index (χ1n) is 4.68. The van der Waals surface area contributed by atoms with E-state index in [-0.39, 0.29) is 24.9 Å². The van der Waals surface area contributed by atoms with Crippen LogP contribution in [-0.4, -0.2) is 24.9 Å². The van der Waals surface area contributed by atoms with Gasteiger partial charge < -0.3 is 10.6 Å². The summed E-state index contributed by atoms with van der Waals surface area (Å²) >= 11 is 1.39. The molecule has 0 bridgehead atoms. The highest BCUT2D eigenvalue weighted by atomic mass is 32.1. The Labute approximate surface area is 98.0 Å². The largest absolute Gasteiger partial charge is 0.344 e. The monoisotopic (exact) mass is 236 g/mol. The van der Waals surface area contributed by atoms with Gasteiger partial charge in [0.25, 0.3) is 5.91 Å². The van der Waals surface area contributed by atoms with E-state index >= 15 is 0 Å². The van der Waals surface area contributed by atoms with Gasteiger partial charge in [0, 0.05) is 4.88 Å². The van der Waals surface area contributed by atoms with Crippen LogP contribution in [0, 0.1) is 19.3 Å². The van der Waals surface area contributed by atoms with Crippen molar-refractivity contribution in [3.8, 4) is 12.3 Å². The molecule has 1 aromatic heterocycles. The summed E-state index contributed by atoms with van der Waals surface area (Å²) in [6, 6.07) is 3.59. The van der Waals surface area contributed by atoms with E-state index < -0.39 is 0 Å². The summed E-state index contributed by atoms with van der Waals surface area (Å²) in [5.74, 6) is 1.74. The predicted octanol–water partition coefficient (Wildman–Crippen LogP) is 0.536. The Balaban J connectivity index is 2.36. The van der Waals surface area contributed by atoms with E-state index in [1.54, 1.807) is 6.07 Å². The number of carbonyl (C=O) groups is 2. The molecule has 0 aliphatic rings. The van der Waals surface area contributed by atoms with Crippen LogP contribution in [0.4, 0.5) is 0 Å². The van der Waals surface area contributed by atoms with Crippen molar-refractivity contribution in [1.82, 2.24) is 10.6 Å². The van der Waals surface area contributed by atoms with Crippen molar-refractivity contribution in [2.75, 3.05) is 13.1 Å². The minimum atomic E-state index is -0.292. The lowest BCUT2D eigenvalue weighted by Crippen LogP contribution is -2.36. The highest BCUT2D eigenvalue weighted by Crippen LogP contribution is 2.14. The molecule has 1 heterocycles. The molecule has 2 N–H and O–H groups in total. The van der Waals surface area contributed by atoms with Crippen LogP contribution in [0.5, 0.6) is 0 Å². The summed E-state index contributed by atoms with van der Waals surface area (Å²) in [5.41, 5.74) is 0. The molecule has 1 rings (SSSR count). The molecular formula is C11H12N2O2S. The highest BCUT2D eigenvalue weighted by molar-refractivity contribution is 7.13. The number of terminal acetylenes is 1. The Morgan fingerprint density at radius 2 is 2.19 bits per heavy atom. The molecule has 16 heavy (non-hydrogen) atoms. The molecule has 1 aromatic rings. The first-order chi connectivity index (χ1) is 7.63. The Kier molecular flexibility index (Phi) is 4.55. The maximum atomic E-state index is 11.5. The van der Waals surface area contributed by atoms with Crippen molar-refractivity contribution >= 4 is 23.2 Å². The van der Waals surface area contributed by atoms with Gasteiger partial charge in [0.15, 0.2) is 0 Å². The van der Waals surface area contributed by atoms with Gasteiger partial charge in [-0.25, -0.2) is 0 Å². The zero-order chi connectivity index (χ0) is 12.0. The van der Waals surface area contributed by atoms with Crippen LogP contribution in [0.25, 0.3) is 0 Å². The summed E-state index contributed by atoms with van der Waals surface area (Å²) < 4.78 is 0. The van der Waals surface area contributed by atoms with Gasteiger partial charge in [-0.05, 0) is 19.1 Å². The van der Waals surface area contributed by atoms with Gasteiger partial charge in [-0.3, -0.25) is 9.59 Å². The molecule has 0 atom stereocenters. The van der Waals surface area contributed by atoms with Crippen molar-refractivity contribution in [3.63, 3.8) is 0 Å². The molecule has 0 aromatic carbocycles. The Morgan fingerprint density at radius 3 is 2.75 bits per heavy atom. The van der Waals surface area contributed by atoms with E-state index in [4.69, 9.17) is 6.42 Å². The van der Waals surface area contributed by atoms with Gasteiger partial charge in [0.2, 0.25) is 5.91 Å². The smallest absolute Gasteiger partial charge is 0.261 e. The third kappa shape index (κ3) is 3.75. The van der Waals surface area contributed by atoms with E-state index in [0.717, 1.165) is 4.88 Å². The van der Waals surface area contributed by atoms with E-state index in [0.29, 0.717) is 4.88 Å². The first-order valence-corrected chi connectivity index (χ1v) is 5.50. The number of carbonyl (C=O) groups excluding carboxylic acids is 2. The highest BCUT2D eigenvalue weighted by Gasteiger charge is 2.08. The van der Waals surface area contributed by atoms with Gasteiger partial charge in [0.1, 0.15) is 0 Å². The van der Waals surface area contributed by atoms with Gasteiger partial charge in [-0.15, -0.1) is 17.8 Å². The van der Waals surface area contributed by atoms with Crippen LogP contribution in [0.2, 0.25) is 0 Å². The standard InChI is InChI=1S/C11H12N2O2S/c1-3-6-12-10(14)7-13-11(15)9-5-4-8(2)16-9/h1,4-5H,6-7H2,2H3,(H,12,14)(H,13,15). The fourth-order valence-corrected chi connectivity index (χ4v) is 1.80. The van der Waals surface area contributed by atoms with Crippen molar-refractivity contribution < 1.29 is 9.59 Å². The number of nitrogens with one attached hydrogen (secondary N) is 2. The third-order valence-corrected chi connectivity index (χ3v) is 2.76. The average molecular weight is 236 g/mol. The summed E-state index contributed by atoms with van der Waals surface area (Å²) in [5, 5.41) is 4.97. The molecule has 0 fully saturated rings. The van der Waals surface area contributed by atoms with Crippen LogP contribution in [0.3, 0.4) is 0 Å². The van der Waals surface area contributed by atoms with Crippen molar-refractivity contribution in [2.45, 2.75) is 6.92 Å².